The highest BCUT2D eigenvalue weighted by Crippen LogP contribution is 2.18. The van der Waals surface area contributed by atoms with Gasteiger partial charge in [-0.25, -0.2) is 13.9 Å². The van der Waals surface area contributed by atoms with Crippen molar-refractivity contribution in [3.05, 3.63) is 34.4 Å². The third-order valence-corrected chi connectivity index (χ3v) is 5.57. The molecular formula is C19H25F3N6O3S. The second kappa shape index (κ2) is 11.3. The molecule has 2 amide bonds. The normalized spacial score (nSPS) is 13.4. The van der Waals surface area contributed by atoms with Crippen LogP contribution in [0.25, 0.3) is 11.0 Å². The van der Waals surface area contributed by atoms with E-state index in [0.717, 1.165) is 11.1 Å². The van der Waals surface area contributed by atoms with Crippen LogP contribution in [-0.2, 0) is 22.3 Å². The molecule has 0 aliphatic heterocycles. The van der Waals surface area contributed by atoms with Crippen LogP contribution in [0.2, 0.25) is 0 Å². The van der Waals surface area contributed by atoms with Gasteiger partial charge in [-0.2, -0.15) is 18.2 Å². The summed E-state index contributed by atoms with van der Waals surface area (Å²) >= 11 is 0. The molecule has 1 atom stereocenters. The van der Waals surface area contributed by atoms with Crippen LogP contribution in [0, 0.1) is 13.8 Å². The number of alkyl halides is 3. The number of nitrogens with zero attached hydrogens (tertiary/aromatic N) is 3. The first-order chi connectivity index (χ1) is 15.1. The summed E-state index contributed by atoms with van der Waals surface area (Å²) in [6.45, 7) is 4.85. The van der Waals surface area contributed by atoms with Crippen molar-refractivity contribution in [3.63, 3.8) is 0 Å². The Hall–Kier alpha value is -2.64. The molecule has 1 aromatic heterocycles. The SMILES string of the molecule is CNC(=O)c1nc2cc(C)c(C)cc2n(CCNCCCNS(=O)C(F)(F)F)c1=NC=O. The lowest BCUT2D eigenvalue weighted by Gasteiger charge is -2.16. The predicted molar refractivity (Wildman–Crippen MR) is 114 cm³/mol. The summed E-state index contributed by atoms with van der Waals surface area (Å²) in [6.07, 6.45) is 0.656. The van der Waals surface area contributed by atoms with Crippen LogP contribution in [0.1, 0.15) is 28.0 Å². The van der Waals surface area contributed by atoms with E-state index in [1.807, 2.05) is 30.7 Å². The zero-order chi connectivity index (χ0) is 23.9. The summed E-state index contributed by atoms with van der Waals surface area (Å²) in [5, 5.41) is 5.57. The molecule has 1 aromatic carbocycles. The van der Waals surface area contributed by atoms with Crippen LogP contribution in [0.5, 0.6) is 0 Å². The van der Waals surface area contributed by atoms with Gasteiger partial charge in [-0.3, -0.25) is 9.59 Å². The largest absolute Gasteiger partial charge is 0.485 e. The third kappa shape index (κ3) is 6.43. The van der Waals surface area contributed by atoms with Crippen LogP contribution >= 0.6 is 0 Å². The quantitative estimate of drug-likeness (QED) is 0.348. The average molecular weight is 475 g/mol. The van der Waals surface area contributed by atoms with Crippen LogP contribution in [0.4, 0.5) is 13.2 Å². The van der Waals surface area contributed by atoms with Crippen molar-refractivity contribution in [1.29, 1.82) is 0 Å². The van der Waals surface area contributed by atoms with Gasteiger partial charge in [-0.15, -0.1) is 0 Å². The summed E-state index contributed by atoms with van der Waals surface area (Å²) < 4.78 is 51.2. The minimum absolute atomic E-state index is 0.00850. The monoisotopic (exact) mass is 474 g/mol. The predicted octanol–water partition coefficient (Wildman–Crippen LogP) is 0.823. The Kier molecular flexibility index (Phi) is 9.04. The van der Waals surface area contributed by atoms with Crippen molar-refractivity contribution in [2.24, 2.45) is 4.99 Å². The van der Waals surface area contributed by atoms with Crippen molar-refractivity contribution in [2.75, 3.05) is 26.7 Å². The van der Waals surface area contributed by atoms with Crippen molar-refractivity contribution in [1.82, 2.24) is 24.9 Å². The molecule has 0 aliphatic rings. The Balaban J connectivity index is 2.20. The zero-order valence-electron chi connectivity index (χ0n) is 17.9. The smallest absolute Gasteiger partial charge is 0.354 e. The number of aryl methyl sites for hydroxylation is 2. The fraction of sp³-hybridized carbons (Fsp3) is 0.474. The summed E-state index contributed by atoms with van der Waals surface area (Å²) in [4.78, 5) is 31.7. The van der Waals surface area contributed by atoms with Gasteiger partial charge in [0.2, 0.25) is 6.41 Å². The first-order valence-electron chi connectivity index (χ1n) is 9.74. The van der Waals surface area contributed by atoms with E-state index in [-0.39, 0.29) is 17.7 Å². The number of hydrogen-bond donors (Lipinski definition) is 3. The number of amides is 2. The van der Waals surface area contributed by atoms with Gasteiger partial charge in [0.1, 0.15) is 0 Å². The number of hydrogen-bond acceptors (Lipinski definition) is 5. The molecular weight excluding hydrogens is 449 g/mol. The Bertz CT molecular complexity index is 1080. The third-order valence-electron chi connectivity index (χ3n) is 4.68. The molecule has 0 bridgehead atoms. The number of halogens is 3. The van der Waals surface area contributed by atoms with Crippen LogP contribution in [0.3, 0.4) is 0 Å². The van der Waals surface area contributed by atoms with Crippen molar-refractivity contribution in [3.8, 4) is 0 Å². The topological polar surface area (TPSA) is 117 Å². The van der Waals surface area contributed by atoms with E-state index in [0.29, 0.717) is 43.5 Å². The zero-order valence-corrected chi connectivity index (χ0v) is 18.7. The molecule has 13 heteroatoms. The Morgan fingerprint density at radius 3 is 2.53 bits per heavy atom. The van der Waals surface area contributed by atoms with Gasteiger partial charge in [-0.05, 0) is 50.1 Å². The molecule has 32 heavy (non-hydrogen) atoms. The highest BCUT2D eigenvalue weighted by molar-refractivity contribution is 7.83. The Labute approximate surface area is 185 Å². The number of fused-ring (bicyclic) bond motifs is 1. The molecule has 0 spiro atoms. The molecule has 0 fully saturated rings. The van der Waals surface area contributed by atoms with Gasteiger partial charge >= 0.3 is 5.51 Å². The van der Waals surface area contributed by atoms with E-state index in [1.54, 1.807) is 4.57 Å². The fourth-order valence-corrected chi connectivity index (χ4v) is 3.45. The van der Waals surface area contributed by atoms with Crippen molar-refractivity contribution >= 4 is 34.3 Å². The summed E-state index contributed by atoms with van der Waals surface area (Å²) in [7, 11) is -1.63. The van der Waals surface area contributed by atoms with Gasteiger partial charge in [0.25, 0.3) is 5.91 Å². The van der Waals surface area contributed by atoms with E-state index in [4.69, 9.17) is 0 Å². The Morgan fingerprint density at radius 1 is 1.22 bits per heavy atom. The maximum Gasteiger partial charge on any atom is 0.485 e. The number of rotatable bonds is 10. The molecule has 9 nitrogen and oxygen atoms in total. The van der Waals surface area contributed by atoms with Gasteiger partial charge in [0.15, 0.2) is 22.2 Å². The molecule has 0 aliphatic carbocycles. The molecule has 0 saturated carbocycles. The molecule has 0 radical (unpaired) electrons. The molecule has 2 rings (SSSR count). The maximum absolute atomic E-state index is 12.3. The van der Waals surface area contributed by atoms with E-state index in [9.17, 15) is 27.0 Å². The second-order valence-corrected chi connectivity index (χ2v) is 8.18. The summed E-state index contributed by atoms with van der Waals surface area (Å²) in [5.41, 5.74) is -1.44. The maximum atomic E-state index is 12.3. The second-order valence-electron chi connectivity index (χ2n) is 6.89. The number of nitrogens with one attached hydrogen (secondary N) is 3. The molecule has 176 valence electrons. The standard InChI is InChI=1S/C19H25F3N6O3S/c1-12-9-14-15(10-13(12)2)28(17(25-11-29)16(27-14)18(30)23-3)8-7-24-5-4-6-26-32(31)19(20,21)22/h9-11,24,26H,4-8H2,1-3H3,(H,23,30). The first-order valence-corrected chi connectivity index (χ1v) is 10.9. The minimum Gasteiger partial charge on any atom is -0.354 e. The van der Waals surface area contributed by atoms with Gasteiger partial charge in [0.05, 0.1) is 11.0 Å². The van der Waals surface area contributed by atoms with E-state index < -0.39 is 22.4 Å². The highest BCUT2D eigenvalue weighted by atomic mass is 32.2. The number of carbonyl (C=O) groups excluding carboxylic acids is 2. The van der Waals surface area contributed by atoms with Crippen LogP contribution < -0.4 is 20.8 Å². The lowest BCUT2D eigenvalue weighted by atomic mass is 10.1. The van der Waals surface area contributed by atoms with Gasteiger partial charge in [0, 0.05) is 26.7 Å². The number of benzene rings is 1. The van der Waals surface area contributed by atoms with Crippen molar-refractivity contribution < 1.29 is 27.0 Å². The summed E-state index contributed by atoms with van der Waals surface area (Å²) in [6, 6.07) is 3.74. The summed E-state index contributed by atoms with van der Waals surface area (Å²) in [5.74, 6) is -0.490. The van der Waals surface area contributed by atoms with Crippen LogP contribution in [-0.4, -0.2) is 58.3 Å². The molecule has 3 N–H and O–H groups in total. The number of carbonyl (C=O) groups is 2. The fourth-order valence-electron chi connectivity index (χ4n) is 2.96. The van der Waals surface area contributed by atoms with Gasteiger partial charge < -0.3 is 15.2 Å². The van der Waals surface area contributed by atoms with Gasteiger partial charge in [-0.1, -0.05) is 0 Å². The van der Waals surface area contributed by atoms with E-state index in [1.165, 1.54) is 7.05 Å². The van der Waals surface area contributed by atoms with Crippen molar-refractivity contribution in [2.45, 2.75) is 32.3 Å². The Morgan fingerprint density at radius 2 is 1.91 bits per heavy atom. The highest BCUT2D eigenvalue weighted by Gasteiger charge is 2.36. The molecule has 1 unspecified atom stereocenters. The molecule has 1 heterocycles. The molecule has 0 saturated heterocycles. The van der Waals surface area contributed by atoms with E-state index in [2.05, 4.69) is 20.6 Å². The molecule has 2 aromatic rings. The van der Waals surface area contributed by atoms with Crippen LogP contribution in [0.15, 0.2) is 17.1 Å². The minimum atomic E-state index is -4.79. The number of aromatic nitrogens is 2. The average Bonchev–Trinajstić information content (AvgIpc) is 2.73. The lowest BCUT2D eigenvalue weighted by Crippen LogP contribution is -2.36. The first kappa shape index (κ1) is 25.6. The lowest BCUT2D eigenvalue weighted by molar-refractivity contribution is -0.107. The van der Waals surface area contributed by atoms with E-state index >= 15 is 0 Å².